The van der Waals surface area contributed by atoms with E-state index in [4.69, 9.17) is 44.6 Å². The summed E-state index contributed by atoms with van der Waals surface area (Å²) in [7, 11) is 1.64. The number of thiocarbonyl (C=S) groups is 1. The fourth-order valence-electron chi connectivity index (χ4n) is 4.00. The molecular formula is C25H19Cl2N3O2S. The lowest BCUT2D eigenvalue weighted by Crippen LogP contribution is -2.29. The lowest BCUT2D eigenvalue weighted by molar-refractivity contribution is 0.414. The van der Waals surface area contributed by atoms with Crippen LogP contribution in [0.3, 0.4) is 0 Å². The van der Waals surface area contributed by atoms with Gasteiger partial charge in [-0.1, -0.05) is 35.3 Å². The third-order valence-corrected chi connectivity index (χ3v) is 6.61. The predicted octanol–water partition coefficient (Wildman–Crippen LogP) is 6.83. The van der Waals surface area contributed by atoms with Crippen molar-refractivity contribution in [1.82, 2.24) is 10.3 Å². The SMILES string of the molecule is COc1cccc(N2C(=S)N[C@H](c3ccccn3)[C@@H]2c2ccc(-c3ccc(Cl)c(Cl)c3)o2)c1. The van der Waals surface area contributed by atoms with E-state index in [-0.39, 0.29) is 12.1 Å². The smallest absolute Gasteiger partial charge is 0.174 e. The minimum atomic E-state index is -0.268. The number of rotatable bonds is 5. The van der Waals surface area contributed by atoms with Crippen molar-refractivity contribution in [3.8, 4) is 17.1 Å². The summed E-state index contributed by atoms with van der Waals surface area (Å²) in [5, 5.41) is 4.98. The number of anilines is 1. The maximum atomic E-state index is 6.35. The molecule has 33 heavy (non-hydrogen) atoms. The van der Waals surface area contributed by atoms with E-state index < -0.39 is 0 Å². The van der Waals surface area contributed by atoms with Crippen LogP contribution in [0.5, 0.6) is 5.75 Å². The minimum Gasteiger partial charge on any atom is -0.497 e. The van der Waals surface area contributed by atoms with Gasteiger partial charge in [0.1, 0.15) is 23.3 Å². The molecule has 5 nitrogen and oxygen atoms in total. The first kappa shape index (κ1) is 21.8. The van der Waals surface area contributed by atoms with E-state index in [0.29, 0.717) is 20.9 Å². The largest absolute Gasteiger partial charge is 0.497 e. The summed E-state index contributed by atoms with van der Waals surface area (Å²) in [6.45, 7) is 0. The van der Waals surface area contributed by atoms with Crippen LogP contribution in [0.2, 0.25) is 10.0 Å². The molecule has 2 aromatic carbocycles. The number of nitrogens with one attached hydrogen (secondary N) is 1. The second kappa shape index (κ2) is 9.06. The van der Waals surface area contributed by atoms with Crippen molar-refractivity contribution in [3.63, 3.8) is 0 Å². The van der Waals surface area contributed by atoms with E-state index in [9.17, 15) is 0 Å². The summed E-state index contributed by atoms with van der Waals surface area (Å²) in [4.78, 5) is 6.61. The molecule has 4 aromatic rings. The van der Waals surface area contributed by atoms with Gasteiger partial charge in [-0.2, -0.15) is 0 Å². The lowest BCUT2D eigenvalue weighted by Gasteiger charge is -2.26. The Bertz CT molecular complexity index is 1310. The van der Waals surface area contributed by atoms with Crippen LogP contribution >= 0.6 is 35.4 Å². The zero-order valence-corrected chi connectivity index (χ0v) is 19.9. The maximum absolute atomic E-state index is 6.35. The molecule has 3 heterocycles. The molecule has 166 valence electrons. The average Bonchev–Trinajstić information content (AvgIpc) is 3.46. The number of hydrogen-bond donors (Lipinski definition) is 1. The standard InChI is InChI=1S/C25H19Cl2N3O2S/c1-31-17-6-4-5-16(14-17)30-24(23(29-25(30)33)20-7-2-3-12-28-20)22-11-10-21(32-22)15-8-9-18(26)19(27)13-15/h2-14,23-24H,1H3,(H,29,33)/t23-,24+/m1/s1. The summed E-state index contributed by atoms with van der Waals surface area (Å²) in [6, 6.07) is 22.4. The molecule has 1 saturated heterocycles. The molecule has 0 radical (unpaired) electrons. The van der Waals surface area contributed by atoms with Gasteiger partial charge in [0.2, 0.25) is 0 Å². The van der Waals surface area contributed by atoms with Crippen molar-refractivity contribution in [1.29, 1.82) is 0 Å². The Kier molecular flexibility index (Phi) is 5.98. The fraction of sp³-hybridized carbons (Fsp3) is 0.120. The second-order valence-electron chi connectivity index (χ2n) is 7.53. The van der Waals surface area contributed by atoms with E-state index in [1.165, 1.54) is 0 Å². The highest BCUT2D eigenvalue weighted by molar-refractivity contribution is 7.80. The van der Waals surface area contributed by atoms with E-state index in [0.717, 1.165) is 28.5 Å². The molecule has 1 N–H and O–H groups in total. The van der Waals surface area contributed by atoms with Gasteiger partial charge in [0, 0.05) is 23.5 Å². The Morgan fingerprint density at radius 1 is 1.00 bits per heavy atom. The number of hydrogen-bond acceptors (Lipinski definition) is 4. The number of aromatic nitrogens is 1. The first-order valence-corrected chi connectivity index (χ1v) is 11.4. The van der Waals surface area contributed by atoms with Crippen LogP contribution in [-0.2, 0) is 0 Å². The van der Waals surface area contributed by atoms with Crippen molar-refractivity contribution >= 4 is 46.2 Å². The molecule has 1 aliphatic heterocycles. The Morgan fingerprint density at radius 3 is 2.64 bits per heavy atom. The van der Waals surface area contributed by atoms with Gasteiger partial charge in [0.05, 0.1) is 28.9 Å². The Labute approximate surface area is 206 Å². The number of furan rings is 1. The van der Waals surface area contributed by atoms with Crippen LogP contribution in [0, 0.1) is 0 Å². The monoisotopic (exact) mass is 495 g/mol. The average molecular weight is 496 g/mol. The molecule has 0 unspecified atom stereocenters. The highest BCUT2D eigenvalue weighted by Crippen LogP contribution is 2.43. The number of benzene rings is 2. The van der Waals surface area contributed by atoms with Crippen molar-refractivity contribution in [2.24, 2.45) is 0 Å². The molecule has 1 fully saturated rings. The van der Waals surface area contributed by atoms with E-state index in [1.807, 2.05) is 65.6 Å². The van der Waals surface area contributed by atoms with E-state index in [2.05, 4.69) is 10.3 Å². The predicted molar refractivity (Wildman–Crippen MR) is 135 cm³/mol. The van der Waals surface area contributed by atoms with Gasteiger partial charge in [-0.15, -0.1) is 0 Å². The minimum absolute atomic E-state index is 0.210. The van der Waals surface area contributed by atoms with Gasteiger partial charge in [-0.05, 0) is 66.8 Å². The molecule has 0 spiro atoms. The second-order valence-corrected chi connectivity index (χ2v) is 8.73. The van der Waals surface area contributed by atoms with Crippen LogP contribution in [0.4, 0.5) is 5.69 Å². The highest BCUT2D eigenvalue weighted by Gasteiger charge is 2.42. The third kappa shape index (κ3) is 4.17. The number of pyridine rings is 1. The van der Waals surface area contributed by atoms with E-state index in [1.54, 1.807) is 25.4 Å². The molecule has 0 aliphatic carbocycles. The molecule has 0 bridgehead atoms. The number of methoxy groups -OCH3 is 1. The fourth-order valence-corrected chi connectivity index (χ4v) is 4.64. The van der Waals surface area contributed by atoms with Gasteiger partial charge in [0.15, 0.2) is 5.11 Å². The van der Waals surface area contributed by atoms with Crippen molar-refractivity contribution in [2.75, 3.05) is 12.0 Å². The van der Waals surface area contributed by atoms with Gasteiger partial charge >= 0.3 is 0 Å². The van der Waals surface area contributed by atoms with Gasteiger partial charge in [-0.25, -0.2) is 0 Å². The molecule has 5 rings (SSSR count). The lowest BCUT2D eigenvalue weighted by atomic mass is 10.0. The third-order valence-electron chi connectivity index (χ3n) is 5.55. The topological polar surface area (TPSA) is 50.5 Å². The maximum Gasteiger partial charge on any atom is 0.174 e. The summed E-state index contributed by atoms with van der Waals surface area (Å²) >= 11 is 18.1. The van der Waals surface area contributed by atoms with Crippen molar-refractivity contribution in [2.45, 2.75) is 12.1 Å². The number of nitrogens with zero attached hydrogens (tertiary/aromatic N) is 2. The molecule has 0 amide bonds. The zero-order valence-electron chi connectivity index (χ0n) is 17.5. The van der Waals surface area contributed by atoms with Crippen LogP contribution in [0.15, 0.2) is 83.4 Å². The molecule has 8 heteroatoms. The van der Waals surface area contributed by atoms with Crippen LogP contribution < -0.4 is 15.0 Å². The number of halogens is 2. The molecule has 2 atom stereocenters. The first-order valence-electron chi connectivity index (χ1n) is 10.2. The Morgan fingerprint density at radius 2 is 1.88 bits per heavy atom. The highest BCUT2D eigenvalue weighted by atomic mass is 35.5. The van der Waals surface area contributed by atoms with E-state index >= 15 is 0 Å². The first-order chi connectivity index (χ1) is 16.0. The van der Waals surface area contributed by atoms with Gasteiger partial charge in [-0.3, -0.25) is 4.98 Å². The zero-order chi connectivity index (χ0) is 22.9. The quantitative estimate of drug-likeness (QED) is 0.306. The summed E-state index contributed by atoms with van der Waals surface area (Å²) in [5.74, 6) is 2.17. The summed E-state index contributed by atoms with van der Waals surface area (Å²) in [5.41, 5.74) is 2.59. The summed E-state index contributed by atoms with van der Waals surface area (Å²) in [6.07, 6.45) is 1.77. The Hall–Kier alpha value is -3.06. The summed E-state index contributed by atoms with van der Waals surface area (Å²) < 4.78 is 11.8. The molecule has 1 aliphatic rings. The van der Waals surface area contributed by atoms with Crippen LogP contribution in [0.25, 0.3) is 11.3 Å². The molecule has 2 aromatic heterocycles. The van der Waals surface area contributed by atoms with Crippen molar-refractivity contribution < 1.29 is 9.15 Å². The normalized spacial score (nSPS) is 17.8. The number of ether oxygens (including phenoxy) is 1. The van der Waals surface area contributed by atoms with Gasteiger partial charge < -0.3 is 19.4 Å². The van der Waals surface area contributed by atoms with Gasteiger partial charge in [0.25, 0.3) is 0 Å². The Balaban J connectivity index is 1.60. The molecule has 0 saturated carbocycles. The van der Waals surface area contributed by atoms with Crippen LogP contribution in [-0.4, -0.2) is 17.2 Å². The van der Waals surface area contributed by atoms with Crippen LogP contribution in [0.1, 0.15) is 23.5 Å². The molecular weight excluding hydrogens is 477 g/mol. The van der Waals surface area contributed by atoms with Crippen molar-refractivity contribution in [3.05, 3.63) is 100 Å².